The average Bonchev–Trinajstić information content (AvgIpc) is 2.48. The summed E-state index contributed by atoms with van der Waals surface area (Å²) in [6, 6.07) is 0. The normalized spacial score (nSPS) is 10.9. The molecule has 15 heavy (non-hydrogen) atoms. The summed E-state index contributed by atoms with van der Waals surface area (Å²) < 4.78 is 12.2. The van der Waals surface area contributed by atoms with E-state index in [1.807, 2.05) is 18.7 Å². The summed E-state index contributed by atoms with van der Waals surface area (Å²) in [6.45, 7) is 3.68. The molecule has 0 spiro atoms. The maximum absolute atomic E-state index is 5.86. The van der Waals surface area contributed by atoms with Gasteiger partial charge >= 0.3 is 0 Å². The second-order valence-electron chi connectivity index (χ2n) is 3.31. The van der Waals surface area contributed by atoms with Crippen molar-refractivity contribution < 1.29 is 9.47 Å². The maximum atomic E-state index is 5.86. The van der Waals surface area contributed by atoms with Crippen molar-refractivity contribution in [2.24, 2.45) is 7.05 Å². The van der Waals surface area contributed by atoms with Gasteiger partial charge in [0, 0.05) is 19.7 Å². The Bertz CT molecular complexity index is 313. The molecule has 4 nitrogen and oxygen atoms in total. The van der Waals surface area contributed by atoms with Gasteiger partial charge in [0.1, 0.15) is 0 Å². The molecule has 1 heterocycles. The zero-order chi connectivity index (χ0) is 11.3. The number of ether oxygens (including phenoxy) is 2. The van der Waals surface area contributed by atoms with Gasteiger partial charge in [-0.05, 0) is 6.92 Å². The predicted octanol–water partition coefficient (Wildman–Crippen LogP) is 1.63. The lowest BCUT2D eigenvalue weighted by Crippen LogP contribution is -2.06. The molecule has 0 radical (unpaired) electrons. The highest BCUT2D eigenvalue weighted by atomic mass is 35.5. The molecule has 0 aliphatic heterocycles. The molecule has 0 fully saturated rings. The third-order valence-electron chi connectivity index (χ3n) is 2.28. The van der Waals surface area contributed by atoms with Crippen molar-refractivity contribution in [2.45, 2.75) is 19.4 Å². The Hall–Kier alpha value is -0.580. The molecule has 0 N–H and O–H groups in total. The maximum Gasteiger partial charge on any atom is 0.0889 e. The van der Waals surface area contributed by atoms with Crippen LogP contribution >= 0.6 is 11.6 Å². The lowest BCUT2D eigenvalue weighted by molar-refractivity contribution is 0.0586. The van der Waals surface area contributed by atoms with Gasteiger partial charge in [0.2, 0.25) is 0 Å². The molecule has 0 atom stereocenters. The van der Waals surface area contributed by atoms with Crippen LogP contribution < -0.4 is 0 Å². The highest BCUT2D eigenvalue weighted by Gasteiger charge is 2.11. The van der Waals surface area contributed by atoms with E-state index in [0.29, 0.717) is 25.7 Å². The Kier molecular flexibility index (Phi) is 5.08. The van der Waals surface area contributed by atoms with Gasteiger partial charge in [-0.25, -0.2) is 0 Å². The van der Waals surface area contributed by atoms with Crippen molar-refractivity contribution in [3.05, 3.63) is 17.0 Å². The Labute approximate surface area is 95.1 Å². The van der Waals surface area contributed by atoms with Gasteiger partial charge in [-0.15, -0.1) is 11.6 Å². The third kappa shape index (κ3) is 3.19. The lowest BCUT2D eigenvalue weighted by Gasteiger charge is -2.05. The van der Waals surface area contributed by atoms with Crippen LogP contribution in [0.15, 0.2) is 0 Å². The van der Waals surface area contributed by atoms with Gasteiger partial charge in [0.15, 0.2) is 0 Å². The highest BCUT2D eigenvalue weighted by molar-refractivity contribution is 6.17. The second kappa shape index (κ2) is 6.10. The standard InChI is InChI=1S/C10H17ClN2O2/c1-8-9(6-11)10(13(2)12-8)7-15-5-4-14-3/h4-7H2,1-3H3. The molecule has 0 aliphatic carbocycles. The van der Waals surface area contributed by atoms with Crippen molar-refractivity contribution in [2.75, 3.05) is 20.3 Å². The summed E-state index contributed by atoms with van der Waals surface area (Å²) in [5.41, 5.74) is 3.08. The van der Waals surface area contributed by atoms with Crippen LogP contribution in [0.25, 0.3) is 0 Å². The minimum absolute atomic E-state index is 0.475. The number of halogens is 1. The van der Waals surface area contributed by atoms with Crippen LogP contribution in [0.2, 0.25) is 0 Å². The van der Waals surface area contributed by atoms with Crippen LogP contribution in [0.3, 0.4) is 0 Å². The van der Waals surface area contributed by atoms with E-state index in [1.165, 1.54) is 0 Å². The largest absolute Gasteiger partial charge is 0.382 e. The Morgan fingerprint density at radius 2 is 2.13 bits per heavy atom. The second-order valence-corrected chi connectivity index (χ2v) is 3.58. The van der Waals surface area contributed by atoms with Gasteiger partial charge in [-0.1, -0.05) is 0 Å². The highest BCUT2D eigenvalue weighted by Crippen LogP contribution is 2.16. The third-order valence-corrected chi connectivity index (χ3v) is 2.55. The number of aromatic nitrogens is 2. The number of nitrogens with zero attached hydrogens (tertiary/aromatic N) is 2. The molecular formula is C10H17ClN2O2. The van der Waals surface area contributed by atoms with Crippen LogP contribution in [-0.4, -0.2) is 30.1 Å². The quantitative estimate of drug-likeness (QED) is 0.553. The number of hydrogen-bond donors (Lipinski definition) is 0. The first-order valence-corrected chi connectivity index (χ1v) is 5.38. The first kappa shape index (κ1) is 12.5. The monoisotopic (exact) mass is 232 g/mol. The van der Waals surface area contributed by atoms with Crippen molar-refractivity contribution >= 4 is 11.6 Å². The smallest absolute Gasteiger partial charge is 0.0889 e. The summed E-state index contributed by atoms with van der Waals surface area (Å²) >= 11 is 5.86. The molecule has 0 amide bonds. The van der Waals surface area contributed by atoms with E-state index in [1.54, 1.807) is 7.11 Å². The lowest BCUT2D eigenvalue weighted by atomic mass is 10.2. The van der Waals surface area contributed by atoms with Crippen molar-refractivity contribution in [1.82, 2.24) is 9.78 Å². The van der Waals surface area contributed by atoms with E-state index in [2.05, 4.69) is 5.10 Å². The summed E-state index contributed by atoms with van der Waals surface area (Å²) in [5.74, 6) is 0.475. The van der Waals surface area contributed by atoms with E-state index in [9.17, 15) is 0 Å². The van der Waals surface area contributed by atoms with E-state index in [0.717, 1.165) is 17.0 Å². The van der Waals surface area contributed by atoms with E-state index < -0.39 is 0 Å². The number of rotatable bonds is 6. The summed E-state index contributed by atoms with van der Waals surface area (Å²) in [7, 11) is 3.56. The van der Waals surface area contributed by atoms with E-state index in [4.69, 9.17) is 21.1 Å². The Morgan fingerprint density at radius 1 is 1.40 bits per heavy atom. The number of hydrogen-bond acceptors (Lipinski definition) is 3. The van der Waals surface area contributed by atoms with E-state index >= 15 is 0 Å². The predicted molar refractivity (Wildman–Crippen MR) is 59.0 cm³/mol. The summed E-state index contributed by atoms with van der Waals surface area (Å²) in [4.78, 5) is 0. The molecule has 0 saturated carbocycles. The fourth-order valence-electron chi connectivity index (χ4n) is 1.42. The van der Waals surface area contributed by atoms with Gasteiger partial charge in [0.05, 0.1) is 37.1 Å². The van der Waals surface area contributed by atoms with Gasteiger partial charge < -0.3 is 9.47 Å². The zero-order valence-electron chi connectivity index (χ0n) is 9.42. The molecule has 0 aliphatic rings. The molecular weight excluding hydrogens is 216 g/mol. The topological polar surface area (TPSA) is 36.3 Å². The van der Waals surface area contributed by atoms with Gasteiger partial charge in [0.25, 0.3) is 0 Å². The molecule has 0 aromatic carbocycles. The van der Waals surface area contributed by atoms with Crippen molar-refractivity contribution in [3.63, 3.8) is 0 Å². The van der Waals surface area contributed by atoms with Crippen molar-refractivity contribution in [3.8, 4) is 0 Å². The number of aryl methyl sites for hydroxylation is 2. The first-order valence-electron chi connectivity index (χ1n) is 4.84. The van der Waals surface area contributed by atoms with Crippen LogP contribution in [-0.2, 0) is 29.0 Å². The molecule has 0 bridgehead atoms. The Morgan fingerprint density at radius 3 is 2.73 bits per heavy atom. The zero-order valence-corrected chi connectivity index (χ0v) is 10.2. The molecule has 1 aromatic heterocycles. The fourth-order valence-corrected chi connectivity index (χ4v) is 1.76. The molecule has 1 aromatic rings. The SMILES string of the molecule is COCCOCc1c(CCl)c(C)nn1C. The van der Waals surface area contributed by atoms with Gasteiger partial charge in [-0.2, -0.15) is 5.10 Å². The van der Waals surface area contributed by atoms with Crippen LogP contribution in [0.1, 0.15) is 17.0 Å². The molecule has 1 rings (SSSR count). The Balaban J connectivity index is 2.59. The molecule has 0 saturated heterocycles. The number of methoxy groups -OCH3 is 1. The van der Waals surface area contributed by atoms with Crippen LogP contribution in [0.5, 0.6) is 0 Å². The minimum Gasteiger partial charge on any atom is -0.382 e. The van der Waals surface area contributed by atoms with Gasteiger partial charge in [-0.3, -0.25) is 4.68 Å². The average molecular weight is 233 g/mol. The van der Waals surface area contributed by atoms with Crippen LogP contribution in [0.4, 0.5) is 0 Å². The van der Waals surface area contributed by atoms with Crippen LogP contribution in [0, 0.1) is 6.92 Å². The number of alkyl halides is 1. The fraction of sp³-hybridized carbons (Fsp3) is 0.700. The molecule has 5 heteroatoms. The van der Waals surface area contributed by atoms with Crippen molar-refractivity contribution in [1.29, 1.82) is 0 Å². The first-order chi connectivity index (χ1) is 7.20. The summed E-state index contributed by atoms with van der Waals surface area (Å²) in [6.07, 6.45) is 0. The molecule has 0 unspecified atom stereocenters. The minimum atomic E-state index is 0.475. The molecule has 86 valence electrons. The van der Waals surface area contributed by atoms with E-state index in [-0.39, 0.29) is 0 Å². The summed E-state index contributed by atoms with van der Waals surface area (Å²) in [5, 5.41) is 4.30.